The van der Waals surface area contributed by atoms with E-state index >= 15 is 0 Å². The van der Waals surface area contributed by atoms with Crippen LogP contribution in [0.25, 0.3) is 0 Å². The highest BCUT2D eigenvalue weighted by Crippen LogP contribution is 2.29. The first-order valence-electron chi connectivity index (χ1n) is 9.35. The Morgan fingerprint density at radius 2 is 1.31 bits per heavy atom. The molecule has 0 unspecified atom stereocenters. The molecule has 8 heteroatoms. The Kier molecular flexibility index (Phi) is 5.78. The van der Waals surface area contributed by atoms with Crippen LogP contribution in [0.4, 0.5) is 8.78 Å². The molecule has 1 heterocycles. The highest BCUT2D eigenvalue weighted by Gasteiger charge is 2.33. The maximum atomic E-state index is 13.4. The Balaban J connectivity index is 1.81. The van der Waals surface area contributed by atoms with Crippen molar-refractivity contribution in [3.05, 3.63) is 63.7 Å². The van der Waals surface area contributed by atoms with Gasteiger partial charge in [0, 0.05) is 37.8 Å². The number of carbonyl (C=O) groups is 1. The van der Waals surface area contributed by atoms with Crippen molar-refractivity contribution >= 4 is 15.9 Å². The molecule has 5 nitrogen and oxygen atoms in total. The van der Waals surface area contributed by atoms with Crippen LogP contribution >= 0.6 is 0 Å². The molecule has 1 saturated heterocycles. The molecule has 0 atom stereocenters. The summed E-state index contributed by atoms with van der Waals surface area (Å²) in [6.45, 7) is 7.92. The first-order chi connectivity index (χ1) is 13.5. The molecule has 0 saturated carbocycles. The third-order valence-electron chi connectivity index (χ3n) is 5.53. The molecule has 1 fully saturated rings. The van der Waals surface area contributed by atoms with Gasteiger partial charge >= 0.3 is 0 Å². The monoisotopic (exact) mass is 422 g/mol. The van der Waals surface area contributed by atoms with Gasteiger partial charge in [0.15, 0.2) is 0 Å². The van der Waals surface area contributed by atoms with Gasteiger partial charge < -0.3 is 4.90 Å². The molecule has 0 aromatic heterocycles. The summed E-state index contributed by atoms with van der Waals surface area (Å²) in [5.41, 5.74) is 3.19. The van der Waals surface area contributed by atoms with Gasteiger partial charge in [0.2, 0.25) is 10.0 Å². The Morgan fingerprint density at radius 3 is 1.79 bits per heavy atom. The minimum Gasteiger partial charge on any atom is -0.336 e. The first-order valence-corrected chi connectivity index (χ1v) is 10.8. The lowest BCUT2D eigenvalue weighted by Gasteiger charge is -2.35. The van der Waals surface area contributed by atoms with Gasteiger partial charge in [0.1, 0.15) is 11.6 Å². The molecule has 1 aliphatic rings. The van der Waals surface area contributed by atoms with Gasteiger partial charge in [-0.1, -0.05) is 6.07 Å². The van der Waals surface area contributed by atoms with Crippen LogP contribution in [0.5, 0.6) is 0 Å². The molecule has 0 bridgehead atoms. The van der Waals surface area contributed by atoms with Crippen molar-refractivity contribution in [3.63, 3.8) is 0 Å². The Bertz CT molecular complexity index is 1030. The average molecular weight is 422 g/mol. The predicted octanol–water partition coefficient (Wildman–Crippen LogP) is 3.35. The van der Waals surface area contributed by atoms with Crippen molar-refractivity contribution in [2.75, 3.05) is 26.2 Å². The van der Waals surface area contributed by atoms with E-state index in [0.717, 1.165) is 34.4 Å². The predicted molar refractivity (Wildman–Crippen MR) is 106 cm³/mol. The standard InChI is InChI=1S/C21H24F2N2O3S/c1-13-9-14(2)16(4)20(15(13)3)29(27,28)25-7-5-24(6-8-25)21(26)17-10-18(22)12-19(23)11-17/h9-12H,5-8H2,1-4H3. The maximum Gasteiger partial charge on any atom is 0.254 e. The van der Waals surface area contributed by atoms with Crippen molar-refractivity contribution in [2.45, 2.75) is 32.6 Å². The summed E-state index contributed by atoms with van der Waals surface area (Å²) in [4.78, 5) is 14.3. The zero-order valence-corrected chi connectivity index (χ0v) is 17.7. The van der Waals surface area contributed by atoms with Gasteiger partial charge in [0.05, 0.1) is 4.90 Å². The van der Waals surface area contributed by atoms with Gasteiger partial charge in [-0.2, -0.15) is 4.31 Å². The van der Waals surface area contributed by atoms with Crippen LogP contribution in [0.1, 0.15) is 32.6 Å². The number of nitrogens with zero attached hydrogens (tertiary/aromatic N) is 2. The summed E-state index contributed by atoms with van der Waals surface area (Å²) < 4.78 is 54.8. The molecule has 0 N–H and O–H groups in total. The van der Waals surface area contributed by atoms with E-state index in [1.807, 2.05) is 19.9 Å². The van der Waals surface area contributed by atoms with Crippen LogP contribution in [0.3, 0.4) is 0 Å². The summed E-state index contributed by atoms with van der Waals surface area (Å²) in [6.07, 6.45) is 0. The van der Waals surface area contributed by atoms with Crippen LogP contribution in [0, 0.1) is 39.3 Å². The molecule has 2 aromatic carbocycles. The second kappa shape index (κ2) is 7.84. The molecular weight excluding hydrogens is 398 g/mol. The van der Waals surface area contributed by atoms with Gasteiger partial charge in [-0.25, -0.2) is 17.2 Å². The normalized spacial score (nSPS) is 15.6. The fraction of sp³-hybridized carbons (Fsp3) is 0.381. The summed E-state index contributed by atoms with van der Waals surface area (Å²) in [6, 6.07) is 4.64. The molecule has 1 aliphatic heterocycles. The van der Waals surface area contributed by atoms with Gasteiger partial charge in [-0.3, -0.25) is 4.79 Å². The molecule has 0 aliphatic carbocycles. The number of aryl methyl sites for hydroxylation is 2. The van der Waals surface area contributed by atoms with Crippen LogP contribution in [0.2, 0.25) is 0 Å². The largest absolute Gasteiger partial charge is 0.336 e. The third kappa shape index (κ3) is 4.04. The van der Waals surface area contributed by atoms with Crippen LogP contribution < -0.4 is 0 Å². The van der Waals surface area contributed by atoms with Crippen molar-refractivity contribution in [2.24, 2.45) is 0 Å². The highest BCUT2D eigenvalue weighted by atomic mass is 32.2. The lowest BCUT2D eigenvalue weighted by Crippen LogP contribution is -2.50. The number of hydrogen-bond donors (Lipinski definition) is 0. The second-order valence-corrected chi connectivity index (χ2v) is 9.32. The first kappa shape index (κ1) is 21.4. The molecule has 2 aromatic rings. The minimum atomic E-state index is -3.72. The molecule has 156 valence electrons. The lowest BCUT2D eigenvalue weighted by atomic mass is 10.0. The number of sulfonamides is 1. The Morgan fingerprint density at radius 1 is 0.828 bits per heavy atom. The van der Waals surface area contributed by atoms with Gasteiger partial charge in [-0.15, -0.1) is 0 Å². The lowest BCUT2D eigenvalue weighted by molar-refractivity contribution is 0.0697. The van der Waals surface area contributed by atoms with E-state index in [9.17, 15) is 22.0 Å². The second-order valence-electron chi connectivity index (χ2n) is 7.44. The minimum absolute atomic E-state index is 0.0835. The van der Waals surface area contributed by atoms with E-state index in [4.69, 9.17) is 0 Å². The summed E-state index contributed by atoms with van der Waals surface area (Å²) >= 11 is 0. The van der Waals surface area contributed by atoms with E-state index < -0.39 is 27.6 Å². The number of hydrogen-bond acceptors (Lipinski definition) is 3. The fourth-order valence-electron chi connectivity index (χ4n) is 3.69. The molecular formula is C21H24F2N2O3S. The fourth-order valence-corrected chi connectivity index (χ4v) is 5.69. The Hall–Kier alpha value is -2.32. The third-order valence-corrected chi connectivity index (χ3v) is 7.70. The van der Waals surface area contributed by atoms with Gasteiger partial charge in [-0.05, 0) is 62.1 Å². The zero-order valence-electron chi connectivity index (χ0n) is 16.9. The van der Waals surface area contributed by atoms with E-state index in [0.29, 0.717) is 11.0 Å². The number of halogens is 2. The molecule has 0 radical (unpaired) electrons. The van der Waals surface area contributed by atoms with Crippen molar-refractivity contribution < 1.29 is 22.0 Å². The van der Waals surface area contributed by atoms with E-state index in [1.165, 1.54) is 9.21 Å². The van der Waals surface area contributed by atoms with Crippen LogP contribution in [-0.4, -0.2) is 49.7 Å². The van der Waals surface area contributed by atoms with E-state index in [1.54, 1.807) is 13.8 Å². The smallest absolute Gasteiger partial charge is 0.254 e. The van der Waals surface area contributed by atoms with Crippen LogP contribution in [0.15, 0.2) is 29.2 Å². The van der Waals surface area contributed by atoms with Crippen molar-refractivity contribution in [1.82, 2.24) is 9.21 Å². The van der Waals surface area contributed by atoms with Crippen LogP contribution in [-0.2, 0) is 10.0 Å². The van der Waals surface area contributed by atoms with Crippen molar-refractivity contribution in [3.8, 4) is 0 Å². The molecule has 3 rings (SSSR count). The number of carbonyl (C=O) groups excluding carboxylic acids is 1. The summed E-state index contributed by atoms with van der Waals surface area (Å²) in [7, 11) is -3.72. The quantitative estimate of drug-likeness (QED) is 0.762. The highest BCUT2D eigenvalue weighted by molar-refractivity contribution is 7.89. The summed E-state index contributed by atoms with van der Waals surface area (Å²) in [5.74, 6) is -2.16. The summed E-state index contributed by atoms with van der Waals surface area (Å²) in [5, 5.41) is 0. The van der Waals surface area contributed by atoms with Crippen molar-refractivity contribution in [1.29, 1.82) is 0 Å². The number of rotatable bonds is 3. The van der Waals surface area contributed by atoms with E-state index in [2.05, 4.69) is 0 Å². The zero-order chi connectivity index (χ0) is 21.5. The Labute approximate surface area is 170 Å². The molecule has 0 spiro atoms. The maximum absolute atomic E-state index is 13.4. The molecule has 1 amide bonds. The number of amides is 1. The molecule has 29 heavy (non-hydrogen) atoms. The SMILES string of the molecule is Cc1cc(C)c(C)c(S(=O)(=O)N2CCN(C(=O)c3cc(F)cc(F)c3)CC2)c1C. The number of benzene rings is 2. The number of piperazine rings is 1. The average Bonchev–Trinajstić information content (AvgIpc) is 2.65. The van der Waals surface area contributed by atoms with Gasteiger partial charge in [0.25, 0.3) is 5.91 Å². The topological polar surface area (TPSA) is 57.7 Å². The van der Waals surface area contributed by atoms with E-state index in [-0.39, 0.29) is 31.7 Å².